The molecule has 1 aliphatic heterocycles. The number of carbonyl (C=O) groups excluding carboxylic acids is 1. The van der Waals surface area contributed by atoms with Gasteiger partial charge < -0.3 is 9.64 Å². The maximum Gasteiger partial charge on any atom is 0.253 e. The van der Waals surface area contributed by atoms with Crippen LogP contribution >= 0.6 is 0 Å². The van der Waals surface area contributed by atoms with Gasteiger partial charge in [-0.15, -0.1) is 0 Å². The van der Waals surface area contributed by atoms with Crippen molar-refractivity contribution in [3.05, 3.63) is 65.5 Å². The maximum atomic E-state index is 13.8. The summed E-state index contributed by atoms with van der Waals surface area (Å²) in [6.07, 6.45) is 0. The summed E-state index contributed by atoms with van der Waals surface area (Å²) in [6, 6.07) is 14.1. The van der Waals surface area contributed by atoms with Crippen molar-refractivity contribution in [2.45, 2.75) is 13.5 Å². The molecule has 2 aromatic rings. The molecule has 1 saturated heterocycles. The molecule has 0 bridgehead atoms. The maximum absolute atomic E-state index is 13.8. The van der Waals surface area contributed by atoms with Crippen LogP contribution in [0.5, 0.6) is 5.75 Å². The van der Waals surface area contributed by atoms with Gasteiger partial charge >= 0.3 is 0 Å². The Balaban J connectivity index is 1.54. The number of hydrogen-bond donors (Lipinski definition) is 0. The number of rotatable bonds is 5. The van der Waals surface area contributed by atoms with Crippen LogP contribution in [-0.2, 0) is 6.54 Å². The summed E-state index contributed by atoms with van der Waals surface area (Å²) < 4.78 is 19.2. The fourth-order valence-electron chi connectivity index (χ4n) is 3.02. The third-order valence-electron chi connectivity index (χ3n) is 4.42. The second kappa shape index (κ2) is 8.12. The molecule has 0 atom stereocenters. The molecule has 0 N–H and O–H groups in total. The third-order valence-corrected chi connectivity index (χ3v) is 4.42. The van der Waals surface area contributed by atoms with Crippen molar-refractivity contribution in [1.82, 2.24) is 9.80 Å². The lowest BCUT2D eigenvalue weighted by Gasteiger charge is -2.34. The summed E-state index contributed by atoms with van der Waals surface area (Å²) in [4.78, 5) is 16.6. The van der Waals surface area contributed by atoms with E-state index in [9.17, 15) is 9.18 Å². The van der Waals surface area contributed by atoms with Crippen molar-refractivity contribution in [3.63, 3.8) is 0 Å². The Kier molecular flexibility index (Phi) is 5.66. The van der Waals surface area contributed by atoms with E-state index in [-0.39, 0.29) is 11.7 Å². The predicted molar refractivity (Wildman–Crippen MR) is 95.2 cm³/mol. The van der Waals surface area contributed by atoms with Gasteiger partial charge in [0.05, 0.1) is 6.61 Å². The molecular weight excluding hydrogens is 319 g/mol. The first-order valence-electron chi connectivity index (χ1n) is 8.65. The highest BCUT2D eigenvalue weighted by Gasteiger charge is 2.22. The Morgan fingerprint density at radius 2 is 1.72 bits per heavy atom. The summed E-state index contributed by atoms with van der Waals surface area (Å²) in [7, 11) is 0. The fraction of sp³-hybridized carbons (Fsp3) is 0.350. The van der Waals surface area contributed by atoms with Gasteiger partial charge in [-0.25, -0.2) is 4.39 Å². The molecule has 132 valence electrons. The van der Waals surface area contributed by atoms with Crippen LogP contribution in [-0.4, -0.2) is 48.5 Å². The molecule has 0 unspecified atom stereocenters. The fourth-order valence-corrected chi connectivity index (χ4v) is 3.02. The van der Waals surface area contributed by atoms with Crippen LogP contribution in [0.2, 0.25) is 0 Å². The third kappa shape index (κ3) is 4.37. The normalized spacial score (nSPS) is 15.2. The number of benzene rings is 2. The molecule has 3 rings (SSSR count). The highest BCUT2D eigenvalue weighted by molar-refractivity contribution is 5.94. The number of hydrogen-bond acceptors (Lipinski definition) is 3. The van der Waals surface area contributed by atoms with E-state index < -0.39 is 0 Å². The van der Waals surface area contributed by atoms with E-state index in [1.54, 1.807) is 18.2 Å². The van der Waals surface area contributed by atoms with Crippen LogP contribution in [0.3, 0.4) is 0 Å². The number of piperazine rings is 1. The van der Waals surface area contributed by atoms with Crippen LogP contribution < -0.4 is 4.74 Å². The van der Waals surface area contributed by atoms with Crippen LogP contribution in [0.15, 0.2) is 48.5 Å². The minimum Gasteiger partial charge on any atom is -0.494 e. The molecule has 0 aromatic heterocycles. The number of amides is 1. The molecule has 1 amide bonds. The number of nitrogens with zero attached hydrogens (tertiary/aromatic N) is 2. The van der Waals surface area contributed by atoms with Gasteiger partial charge in [-0.2, -0.15) is 0 Å². The van der Waals surface area contributed by atoms with E-state index in [1.807, 2.05) is 36.1 Å². The predicted octanol–water partition coefficient (Wildman–Crippen LogP) is 3.18. The van der Waals surface area contributed by atoms with E-state index in [0.717, 1.165) is 18.8 Å². The lowest BCUT2D eigenvalue weighted by molar-refractivity contribution is 0.0627. The standard InChI is InChI=1S/C20H23FN2O2/c1-2-25-18-9-7-16(8-10-18)20(24)23-13-11-22(12-14-23)15-17-5-3-4-6-19(17)21/h3-10H,2,11-15H2,1H3. The SMILES string of the molecule is CCOc1ccc(C(=O)N2CCN(Cc3ccccc3F)CC2)cc1. The van der Waals surface area contributed by atoms with E-state index in [0.29, 0.717) is 37.4 Å². The first kappa shape index (κ1) is 17.4. The molecule has 1 aliphatic rings. The zero-order valence-corrected chi connectivity index (χ0v) is 14.5. The molecule has 0 spiro atoms. The van der Waals surface area contributed by atoms with Gasteiger partial charge in [-0.05, 0) is 37.3 Å². The molecule has 2 aromatic carbocycles. The van der Waals surface area contributed by atoms with E-state index >= 15 is 0 Å². The van der Waals surface area contributed by atoms with Crippen LogP contribution in [0.1, 0.15) is 22.8 Å². The van der Waals surface area contributed by atoms with Gasteiger partial charge in [0.15, 0.2) is 0 Å². The lowest BCUT2D eigenvalue weighted by atomic mass is 10.1. The average Bonchev–Trinajstić information content (AvgIpc) is 2.65. The van der Waals surface area contributed by atoms with Gasteiger partial charge in [0.2, 0.25) is 0 Å². The van der Waals surface area contributed by atoms with Crippen molar-refractivity contribution >= 4 is 5.91 Å². The Bertz CT molecular complexity index is 710. The highest BCUT2D eigenvalue weighted by atomic mass is 19.1. The first-order valence-corrected chi connectivity index (χ1v) is 8.65. The zero-order valence-electron chi connectivity index (χ0n) is 14.5. The van der Waals surface area contributed by atoms with E-state index in [1.165, 1.54) is 6.07 Å². The molecule has 1 fully saturated rings. The highest BCUT2D eigenvalue weighted by Crippen LogP contribution is 2.16. The molecule has 25 heavy (non-hydrogen) atoms. The monoisotopic (exact) mass is 342 g/mol. The van der Waals surface area contributed by atoms with Crippen molar-refractivity contribution < 1.29 is 13.9 Å². The molecule has 5 heteroatoms. The second-order valence-electron chi connectivity index (χ2n) is 6.12. The van der Waals surface area contributed by atoms with Crippen LogP contribution in [0.25, 0.3) is 0 Å². The smallest absolute Gasteiger partial charge is 0.253 e. The number of halogens is 1. The van der Waals surface area contributed by atoms with Crippen molar-refractivity contribution in [1.29, 1.82) is 0 Å². The lowest BCUT2D eigenvalue weighted by Crippen LogP contribution is -2.48. The Labute approximate surface area is 147 Å². The van der Waals surface area contributed by atoms with E-state index in [4.69, 9.17) is 4.74 Å². The van der Waals surface area contributed by atoms with Crippen molar-refractivity contribution in [2.75, 3.05) is 32.8 Å². The minimum atomic E-state index is -0.171. The molecular formula is C20H23FN2O2. The molecule has 0 aliphatic carbocycles. The number of carbonyl (C=O) groups is 1. The van der Waals surface area contributed by atoms with Gasteiger partial charge in [0.1, 0.15) is 11.6 Å². The van der Waals surface area contributed by atoms with Gasteiger partial charge in [0.25, 0.3) is 5.91 Å². The van der Waals surface area contributed by atoms with Gasteiger partial charge in [-0.3, -0.25) is 9.69 Å². The minimum absolute atomic E-state index is 0.0357. The van der Waals surface area contributed by atoms with E-state index in [2.05, 4.69) is 4.90 Å². The second-order valence-corrected chi connectivity index (χ2v) is 6.12. The Morgan fingerprint density at radius 1 is 1.04 bits per heavy atom. The van der Waals surface area contributed by atoms with Gasteiger partial charge in [0, 0.05) is 43.9 Å². The quantitative estimate of drug-likeness (QED) is 0.837. The number of ether oxygens (including phenoxy) is 1. The summed E-state index contributed by atoms with van der Waals surface area (Å²) in [5.41, 5.74) is 1.37. The summed E-state index contributed by atoms with van der Waals surface area (Å²) in [6.45, 7) is 5.92. The zero-order chi connectivity index (χ0) is 17.6. The van der Waals surface area contributed by atoms with Crippen LogP contribution in [0, 0.1) is 5.82 Å². The Morgan fingerprint density at radius 3 is 2.36 bits per heavy atom. The summed E-state index contributed by atoms with van der Waals surface area (Å²) in [5, 5.41) is 0. The molecule has 0 saturated carbocycles. The van der Waals surface area contributed by atoms with Crippen molar-refractivity contribution in [3.8, 4) is 5.75 Å². The van der Waals surface area contributed by atoms with Gasteiger partial charge in [-0.1, -0.05) is 18.2 Å². The molecule has 1 heterocycles. The Hall–Kier alpha value is -2.40. The van der Waals surface area contributed by atoms with Crippen LogP contribution in [0.4, 0.5) is 4.39 Å². The average molecular weight is 342 g/mol. The molecule has 0 radical (unpaired) electrons. The summed E-state index contributed by atoms with van der Waals surface area (Å²) in [5.74, 6) is 0.637. The van der Waals surface area contributed by atoms with Crippen molar-refractivity contribution in [2.24, 2.45) is 0 Å². The molecule has 4 nitrogen and oxygen atoms in total. The summed E-state index contributed by atoms with van der Waals surface area (Å²) >= 11 is 0. The first-order chi connectivity index (χ1) is 12.2. The topological polar surface area (TPSA) is 32.8 Å². The largest absolute Gasteiger partial charge is 0.494 e.